The molecule has 1 heterocycles. The van der Waals surface area contributed by atoms with Gasteiger partial charge in [-0.2, -0.15) is 4.31 Å². The molecule has 1 aliphatic heterocycles. The maximum Gasteiger partial charge on any atom is 0.339 e. The topological polar surface area (TPSA) is 119 Å². The number of sulfonamides is 2. The molecule has 2 aromatic rings. The van der Waals surface area contributed by atoms with E-state index in [0.717, 1.165) is 18.9 Å². The Kier molecular flexibility index (Phi) is 7.78. The highest BCUT2D eigenvalue weighted by molar-refractivity contribution is 7.89. The predicted octanol–water partition coefficient (Wildman–Crippen LogP) is 2.27. The minimum Gasteiger partial charge on any atom is -0.492 e. The van der Waals surface area contributed by atoms with Crippen molar-refractivity contribution in [3.63, 3.8) is 0 Å². The lowest BCUT2D eigenvalue weighted by Gasteiger charge is -2.15. The van der Waals surface area contributed by atoms with Gasteiger partial charge >= 0.3 is 5.97 Å². The molecule has 0 atom stereocenters. The van der Waals surface area contributed by atoms with Crippen LogP contribution in [0.3, 0.4) is 0 Å². The number of ether oxygens (including phenoxy) is 2. The Bertz CT molecular complexity index is 1180. The third-order valence-corrected chi connectivity index (χ3v) is 8.54. The normalized spacial score (nSPS) is 14.9. The summed E-state index contributed by atoms with van der Waals surface area (Å²) in [7, 11) is -6.24. The van der Waals surface area contributed by atoms with Crippen LogP contribution < -0.4 is 9.46 Å². The van der Waals surface area contributed by atoms with E-state index in [4.69, 9.17) is 16.3 Å². The number of nitrogens with one attached hydrogen (secondary N) is 1. The van der Waals surface area contributed by atoms with Gasteiger partial charge in [0.05, 0.1) is 27.5 Å². The molecule has 0 bridgehead atoms. The fourth-order valence-corrected chi connectivity index (χ4v) is 5.90. The lowest BCUT2D eigenvalue weighted by molar-refractivity contribution is 0.0600. The van der Waals surface area contributed by atoms with Crippen LogP contribution in [-0.2, 0) is 24.8 Å². The van der Waals surface area contributed by atoms with Crippen LogP contribution in [0.5, 0.6) is 5.75 Å². The summed E-state index contributed by atoms with van der Waals surface area (Å²) in [6.07, 6.45) is 1.71. The zero-order valence-corrected chi connectivity index (χ0v) is 19.7. The molecule has 9 nitrogen and oxygen atoms in total. The van der Waals surface area contributed by atoms with Gasteiger partial charge in [0.25, 0.3) is 0 Å². The molecule has 0 spiro atoms. The maximum atomic E-state index is 12.5. The summed E-state index contributed by atoms with van der Waals surface area (Å²) in [5, 5.41) is 0.0781. The average molecular weight is 503 g/mol. The summed E-state index contributed by atoms with van der Waals surface area (Å²) in [6, 6.07) is 9.70. The molecule has 174 valence electrons. The van der Waals surface area contributed by atoms with E-state index in [1.54, 1.807) is 0 Å². The number of methoxy groups -OCH3 is 1. The van der Waals surface area contributed by atoms with Gasteiger partial charge in [0, 0.05) is 19.6 Å². The smallest absolute Gasteiger partial charge is 0.339 e. The van der Waals surface area contributed by atoms with E-state index in [0.29, 0.717) is 18.8 Å². The number of carbonyl (C=O) groups is 1. The highest BCUT2D eigenvalue weighted by Gasteiger charge is 2.27. The van der Waals surface area contributed by atoms with Gasteiger partial charge in [0.15, 0.2) is 0 Å². The second kappa shape index (κ2) is 10.2. The van der Waals surface area contributed by atoms with Gasteiger partial charge in [-0.15, -0.1) is 0 Å². The van der Waals surface area contributed by atoms with Crippen LogP contribution in [0.2, 0.25) is 5.02 Å². The first kappa shape index (κ1) is 24.5. The second-order valence-electron chi connectivity index (χ2n) is 6.96. The molecule has 0 aliphatic carbocycles. The number of hydrogen-bond acceptors (Lipinski definition) is 7. The number of carbonyl (C=O) groups excluding carboxylic acids is 1. The average Bonchev–Trinajstić information content (AvgIpc) is 3.33. The summed E-state index contributed by atoms with van der Waals surface area (Å²) in [5.74, 6) is -0.338. The van der Waals surface area contributed by atoms with E-state index in [2.05, 4.69) is 9.46 Å². The van der Waals surface area contributed by atoms with Crippen molar-refractivity contribution in [3.05, 3.63) is 53.1 Å². The van der Waals surface area contributed by atoms with Gasteiger partial charge in [-0.05, 0) is 55.3 Å². The minimum atomic E-state index is -3.91. The summed E-state index contributed by atoms with van der Waals surface area (Å²) >= 11 is 5.91. The van der Waals surface area contributed by atoms with Crippen molar-refractivity contribution in [2.75, 3.05) is 33.4 Å². The lowest BCUT2D eigenvalue weighted by atomic mass is 10.2. The molecule has 1 aliphatic rings. The molecule has 0 aromatic heterocycles. The maximum absolute atomic E-state index is 12.5. The Hall–Kier alpha value is -2.18. The number of rotatable bonds is 9. The van der Waals surface area contributed by atoms with Crippen molar-refractivity contribution < 1.29 is 31.1 Å². The summed E-state index contributed by atoms with van der Waals surface area (Å²) in [5.41, 5.74) is -0.0581. The first-order valence-electron chi connectivity index (χ1n) is 9.76. The monoisotopic (exact) mass is 502 g/mol. The Labute approximate surface area is 192 Å². The SMILES string of the molecule is COC(=O)c1cc(S(=O)(=O)NCCOc2ccc(S(=O)(=O)N3CCCC3)cc2)ccc1Cl. The Balaban J connectivity index is 1.56. The molecule has 1 N–H and O–H groups in total. The molecular formula is C20H23ClN2O7S2. The van der Waals surface area contributed by atoms with Crippen molar-refractivity contribution in [2.45, 2.75) is 22.6 Å². The van der Waals surface area contributed by atoms with E-state index in [9.17, 15) is 21.6 Å². The van der Waals surface area contributed by atoms with Gasteiger partial charge < -0.3 is 9.47 Å². The van der Waals surface area contributed by atoms with Crippen LogP contribution in [0.25, 0.3) is 0 Å². The predicted molar refractivity (Wildman–Crippen MR) is 118 cm³/mol. The fourth-order valence-electron chi connectivity index (χ4n) is 3.15. The zero-order valence-electron chi connectivity index (χ0n) is 17.3. The molecule has 0 saturated carbocycles. The first-order valence-corrected chi connectivity index (χ1v) is 13.1. The molecule has 12 heteroatoms. The quantitative estimate of drug-likeness (QED) is 0.412. The van der Waals surface area contributed by atoms with E-state index in [1.807, 2.05) is 0 Å². The van der Waals surface area contributed by atoms with E-state index >= 15 is 0 Å². The number of benzene rings is 2. The van der Waals surface area contributed by atoms with Crippen LogP contribution in [-0.4, -0.2) is 60.5 Å². The van der Waals surface area contributed by atoms with Gasteiger partial charge in [-0.25, -0.2) is 26.4 Å². The van der Waals surface area contributed by atoms with Crippen molar-refractivity contribution in [1.29, 1.82) is 0 Å². The molecule has 1 saturated heterocycles. The molecule has 2 aromatic carbocycles. The summed E-state index contributed by atoms with van der Waals surface area (Å²) < 4.78 is 63.9. The van der Waals surface area contributed by atoms with Crippen LogP contribution in [0.1, 0.15) is 23.2 Å². The summed E-state index contributed by atoms with van der Waals surface area (Å²) in [6.45, 7) is 1.01. The van der Waals surface area contributed by atoms with Gasteiger partial charge in [-0.1, -0.05) is 11.6 Å². The fraction of sp³-hybridized carbons (Fsp3) is 0.350. The molecule has 1 fully saturated rings. The summed E-state index contributed by atoms with van der Waals surface area (Å²) in [4.78, 5) is 11.8. The Morgan fingerprint density at radius 3 is 2.28 bits per heavy atom. The molecule has 32 heavy (non-hydrogen) atoms. The van der Waals surface area contributed by atoms with E-state index in [-0.39, 0.29) is 33.5 Å². The third kappa shape index (κ3) is 5.59. The van der Waals surface area contributed by atoms with Crippen molar-refractivity contribution in [3.8, 4) is 5.75 Å². The van der Waals surface area contributed by atoms with Crippen molar-refractivity contribution in [2.24, 2.45) is 0 Å². The molecule has 3 rings (SSSR count). The van der Waals surface area contributed by atoms with Gasteiger partial charge in [-0.3, -0.25) is 0 Å². The first-order chi connectivity index (χ1) is 15.1. The van der Waals surface area contributed by atoms with Crippen LogP contribution in [0.4, 0.5) is 0 Å². The van der Waals surface area contributed by atoms with Crippen LogP contribution in [0.15, 0.2) is 52.3 Å². The highest BCUT2D eigenvalue weighted by atomic mass is 35.5. The largest absolute Gasteiger partial charge is 0.492 e. The van der Waals surface area contributed by atoms with Crippen LogP contribution >= 0.6 is 11.6 Å². The number of esters is 1. The molecule has 0 radical (unpaired) electrons. The Morgan fingerprint density at radius 2 is 1.66 bits per heavy atom. The number of nitrogens with zero attached hydrogens (tertiary/aromatic N) is 1. The van der Waals surface area contributed by atoms with E-state index in [1.165, 1.54) is 47.8 Å². The molecule has 0 unspecified atom stereocenters. The third-order valence-electron chi connectivity index (χ3n) is 4.84. The Morgan fingerprint density at radius 1 is 1.03 bits per heavy atom. The number of halogens is 1. The molecule has 0 amide bonds. The lowest BCUT2D eigenvalue weighted by Crippen LogP contribution is -2.28. The van der Waals surface area contributed by atoms with Gasteiger partial charge in [0.2, 0.25) is 20.0 Å². The standard InChI is InChI=1S/C20H23ClN2O7S2/c1-29-20(24)18-14-17(8-9-19(18)21)31(25,26)22-10-13-30-15-4-6-16(7-5-15)32(27,28)23-11-2-3-12-23/h4-9,14,22H,2-3,10-13H2,1H3. The second-order valence-corrected chi connectivity index (χ2v) is 11.1. The van der Waals surface area contributed by atoms with Gasteiger partial charge in [0.1, 0.15) is 12.4 Å². The highest BCUT2D eigenvalue weighted by Crippen LogP contribution is 2.23. The van der Waals surface area contributed by atoms with Crippen molar-refractivity contribution >= 4 is 37.6 Å². The van der Waals surface area contributed by atoms with Crippen molar-refractivity contribution in [1.82, 2.24) is 9.03 Å². The molecular weight excluding hydrogens is 480 g/mol. The van der Waals surface area contributed by atoms with E-state index < -0.39 is 26.0 Å². The zero-order chi connectivity index (χ0) is 23.4. The minimum absolute atomic E-state index is 0.00883. The van der Waals surface area contributed by atoms with Crippen LogP contribution in [0, 0.1) is 0 Å². The number of hydrogen-bond donors (Lipinski definition) is 1.